The molecule has 188 valence electrons. The summed E-state index contributed by atoms with van der Waals surface area (Å²) in [6.07, 6.45) is 12.4. The van der Waals surface area contributed by atoms with E-state index < -0.39 is 0 Å². The Balaban J connectivity index is 1.79. The van der Waals surface area contributed by atoms with E-state index in [1.807, 2.05) is 39.1 Å². The first-order valence-electron chi connectivity index (χ1n) is 12.2. The van der Waals surface area contributed by atoms with Gasteiger partial charge in [-0.25, -0.2) is 0 Å². The van der Waals surface area contributed by atoms with Gasteiger partial charge in [0.25, 0.3) is 0 Å². The largest absolute Gasteiger partial charge is 0.491 e. The second-order valence-electron chi connectivity index (χ2n) is 8.63. The Morgan fingerprint density at radius 3 is 2.83 bits per heavy atom. The molecule has 2 aromatic rings. The third-order valence-corrected chi connectivity index (χ3v) is 6.12. The number of nitrogens with two attached hydrogens (primary N) is 1. The Labute approximate surface area is 219 Å². The minimum Gasteiger partial charge on any atom is -0.491 e. The lowest BCUT2D eigenvalue weighted by Gasteiger charge is -2.15. The molecule has 3 rings (SSSR count). The van der Waals surface area contributed by atoms with Gasteiger partial charge in [0.1, 0.15) is 5.75 Å². The van der Waals surface area contributed by atoms with Crippen molar-refractivity contribution in [3.63, 3.8) is 0 Å². The average molecular weight is 502 g/mol. The average Bonchev–Trinajstić information content (AvgIpc) is 2.89. The summed E-state index contributed by atoms with van der Waals surface area (Å²) in [6.45, 7) is 5.17. The summed E-state index contributed by atoms with van der Waals surface area (Å²) in [7, 11) is 1.92. The van der Waals surface area contributed by atoms with Crippen molar-refractivity contribution >= 4 is 35.1 Å². The van der Waals surface area contributed by atoms with Crippen LogP contribution in [0.3, 0.4) is 0 Å². The van der Waals surface area contributed by atoms with Crippen LogP contribution < -0.4 is 20.5 Å². The maximum atomic E-state index is 9.34. The number of benzene rings is 2. The summed E-state index contributed by atoms with van der Waals surface area (Å²) in [5.41, 5.74) is 13.0. The topological polar surface area (TPSA) is 95.5 Å². The summed E-state index contributed by atoms with van der Waals surface area (Å²) in [5.74, 6) is 1.61. The molecule has 6 nitrogen and oxygen atoms in total. The number of rotatable bonds is 12. The molecule has 0 saturated carbocycles. The molecule has 1 aliphatic rings. The number of aliphatic imine (C=N–C) groups is 1. The number of nitriles is 1. The maximum absolute atomic E-state index is 9.34. The molecular formula is C29H35N5OS. The van der Waals surface area contributed by atoms with Crippen molar-refractivity contribution in [2.24, 2.45) is 10.7 Å². The fourth-order valence-corrected chi connectivity index (χ4v) is 4.23. The third-order valence-electron chi connectivity index (χ3n) is 5.42. The number of nitrogens with one attached hydrogen (secondary N) is 2. The SMILES string of the molecule is CNSCCNc1ccc(C2=CCCC=C2)cc1/C(N)=C/C=NCc1cc(C#N)cc(OC(C)C)c1. The van der Waals surface area contributed by atoms with Gasteiger partial charge < -0.3 is 15.8 Å². The van der Waals surface area contributed by atoms with Crippen molar-refractivity contribution in [2.45, 2.75) is 39.3 Å². The predicted molar refractivity (Wildman–Crippen MR) is 154 cm³/mol. The third kappa shape index (κ3) is 8.33. The van der Waals surface area contributed by atoms with Gasteiger partial charge >= 0.3 is 0 Å². The maximum Gasteiger partial charge on any atom is 0.121 e. The first-order valence-corrected chi connectivity index (χ1v) is 13.2. The first-order chi connectivity index (χ1) is 17.5. The molecule has 2 aromatic carbocycles. The highest BCUT2D eigenvalue weighted by Gasteiger charge is 2.09. The van der Waals surface area contributed by atoms with Crippen LogP contribution in [0, 0.1) is 11.3 Å². The monoisotopic (exact) mass is 501 g/mol. The number of nitrogens with zero attached hydrogens (tertiary/aromatic N) is 2. The zero-order chi connectivity index (χ0) is 25.8. The van der Waals surface area contributed by atoms with Gasteiger partial charge in [0.2, 0.25) is 0 Å². The molecule has 0 atom stereocenters. The van der Waals surface area contributed by atoms with E-state index >= 15 is 0 Å². The molecule has 0 aliphatic heterocycles. The van der Waals surface area contributed by atoms with Crippen molar-refractivity contribution in [3.05, 3.63) is 83.0 Å². The molecule has 0 aromatic heterocycles. The smallest absolute Gasteiger partial charge is 0.121 e. The van der Waals surface area contributed by atoms with Gasteiger partial charge in [-0.1, -0.05) is 36.2 Å². The molecule has 0 fully saturated rings. The number of hydrogen-bond acceptors (Lipinski definition) is 7. The molecule has 0 amide bonds. The lowest BCUT2D eigenvalue weighted by molar-refractivity contribution is 0.242. The van der Waals surface area contributed by atoms with Gasteiger partial charge in [-0.15, -0.1) is 0 Å². The van der Waals surface area contributed by atoms with Crippen molar-refractivity contribution in [2.75, 3.05) is 24.7 Å². The van der Waals surface area contributed by atoms with E-state index in [2.05, 4.69) is 57.5 Å². The number of ether oxygens (including phenoxy) is 1. The van der Waals surface area contributed by atoms with Gasteiger partial charge in [-0.3, -0.25) is 9.71 Å². The number of hydrogen-bond donors (Lipinski definition) is 3. The predicted octanol–water partition coefficient (Wildman–Crippen LogP) is 5.93. The van der Waals surface area contributed by atoms with E-state index in [1.165, 1.54) is 5.57 Å². The minimum atomic E-state index is 0.0355. The Hall–Kier alpha value is -3.47. The fourth-order valence-electron chi connectivity index (χ4n) is 3.82. The summed E-state index contributed by atoms with van der Waals surface area (Å²) in [4.78, 5) is 4.53. The Morgan fingerprint density at radius 1 is 1.25 bits per heavy atom. The second-order valence-corrected chi connectivity index (χ2v) is 9.74. The van der Waals surface area contributed by atoms with Gasteiger partial charge in [-0.05, 0) is 86.8 Å². The Morgan fingerprint density at radius 2 is 2.11 bits per heavy atom. The van der Waals surface area contributed by atoms with E-state index in [1.54, 1.807) is 24.2 Å². The molecule has 1 aliphatic carbocycles. The van der Waals surface area contributed by atoms with Crippen LogP contribution in [0.5, 0.6) is 5.75 Å². The van der Waals surface area contributed by atoms with Crippen LogP contribution in [0.25, 0.3) is 11.3 Å². The lowest BCUT2D eigenvalue weighted by Crippen LogP contribution is -2.10. The summed E-state index contributed by atoms with van der Waals surface area (Å²) >= 11 is 1.66. The molecule has 0 saturated heterocycles. The number of allylic oxidation sites excluding steroid dienone is 5. The van der Waals surface area contributed by atoms with Gasteiger partial charge in [-0.2, -0.15) is 5.26 Å². The highest BCUT2D eigenvalue weighted by atomic mass is 32.2. The van der Waals surface area contributed by atoms with Crippen molar-refractivity contribution in [1.82, 2.24) is 4.72 Å². The fraction of sp³-hybridized carbons (Fsp3) is 0.310. The standard InChI is InChI=1S/C29H35N5OS/c1-21(2)35-26-16-22(19-30)15-23(17-26)20-33-12-11-28(31)27-18-25(24-7-5-4-6-8-24)9-10-29(27)34-13-14-36-32-3/h5,7-12,15-18,21,32,34H,4,6,13-14,20,31H2,1-3H3/b28-11-,33-12?. The lowest BCUT2D eigenvalue weighted by atomic mass is 9.96. The number of anilines is 1. The van der Waals surface area contributed by atoms with Gasteiger partial charge in [0, 0.05) is 35.5 Å². The highest BCUT2D eigenvalue weighted by molar-refractivity contribution is 7.97. The zero-order valence-corrected chi connectivity index (χ0v) is 22.1. The molecule has 0 unspecified atom stereocenters. The normalized spacial score (nSPS) is 13.6. The summed E-state index contributed by atoms with van der Waals surface area (Å²) in [5, 5.41) is 12.8. The molecule has 4 N–H and O–H groups in total. The summed E-state index contributed by atoms with van der Waals surface area (Å²) < 4.78 is 8.86. The van der Waals surface area contributed by atoms with Crippen LogP contribution in [0.4, 0.5) is 5.69 Å². The second kappa shape index (κ2) is 14.2. The van der Waals surface area contributed by atoms with Gasteiger partial charge in [0.05, 0.1) is 24.3 Å². The van der Waals surface area contributed by atoms with Gasteiger partial charge in [0.15, 0.2) is 0 Å². The van der Waals surface area contributed by atoms with E-state index in [-0.39, 0.29) is 6.10 Å². The Kier molecular flexibility index (Phi) is 10.7. The molecular weight excluding hydrogens is 466 g/mol. The van der Waals surface area contributed by atoms with E-state index in [0.29, 0.717) is 23.6 Å². The van der Waals surface area contributed by atoms with Crippen LogP contribution in [-0.4, -0.2) is 31.7 Å². The Bertz CT molecular complexity index is 1190. The molecule has 0 bridgehead atoms. The first kappa shape index (κ1) is 27.1. The van der Waals surface area contributed by atoms with Crippen molar-refractivity contribution in [3.8, 4) is 11.8 Å². The highest BCUT2D eigenvalue weighted by Crippen LogP contribution is 2.28. The van der Waals surface area contributed by atoms with Crippen LogP contribution >= 0.6 is 11.9 Å². The van der Waals surface area contributed by atoms with Crippen LogP contribution in [0.15, 0.2) is 65.7 Å². The van der Waals surface area contributed by atoms with Crippen molar-refractivity contribution in [1.29, 1.82) is 5.26 Å². The minimum absolute atomic E-state index is 0.0355. The molecule has 36 heavy (non-hydrogen) atoms. The van der Waals surface area contributed by atoms with E-state index in [0.717, 1.165) is 47.5 Å². The van der Waals surface area contributed by atoms with Crippen LogP contribution in [-0.2, 0) is 6.54 Å². The molecule has 0 heterocycles. The zero-order valence-electron chi connectivity index (χ0n) is 21.3. The summed E-state index contributed by atoms with van der Waals surface area (Å²) in [6, 6.07) is 14.1. The molecule has 0 radical (unpaired) electrons. The molecule has 0 spiro atoms. The van der Waals surface area contributed by atoms with E-state index in [9.17, 15) is 5.26 Å². The van der Waals surface area contributed by atoms with E-state index in [4.69, 9.17) is 10.5 Å². The van der Waals surface area contributed by atoms with Crippen LogP contribution in [0.2, 0.25) is 0 Å². The van der Waals surface area contributed by atoms with Crippen molar-refractivity contribution < 1.29 is 4.74 Å². The molecule has 7 heteroatoms. The quantitative estimate of drug-likeness (QED) is 0.190. The van der Waals surface area contributed by atoms with Crippen LogP contribution in [0.1, 0.15) is 48.9 Å².